The summed E-state index contributed by atoms with van der Waals surface area (Å²) in [5, 5.41) is 22.7. The van der Waals surface area contributed by atoms with Crippen LogP contribution in [-0.4, -0.2) is 50.5 Å². The number of carbonyl (C=O) groups excluding carboxylic acids is 3. The fraction of sp³-hybridized carbons (Fsp3) is 0.857. The Hall–Kier alpha value is -3.03. The van der Waals surface area contributed by atoms with Crippen LogP contribution in [0.5, 0.6) is 11.8 Å². The molecule has 490 valence electrons. The van der Waals surface area contributed by atoms with Crippen LogP contribution in [0.4, 0.5) is 5.69 Å². The first kappa shape index (κ1) is 74.4. The van der Waals surface area contributed by atoms with Gasteiger partial charge in [0.25, 0.3) is 17.7 Å². The van der Waals surface area contributed by atoms with E-state index in [1.165, 1.54) is 280 Å². The first-order chi connectivity index (χ1) is 41.5. The molecule has 3 aliphatic rings. The number of nitrogens with zero attached hydrogens (tertiary/aromatic N) is 3. The minimum absolute atomic E-state index is 0.00777. The number of anilines is 1. The van der Waals surface area contributed by atoms with E-state index in [1.807, 2.05) is 0 Å². The summed E-state index contributed by atoms with van der Waals surface area (Å²) in [6.07, 6.45) is 67.1. The highest BCUT2D eigenvalue weighted by Crippen LogP contribution is 2.49. The highest BCUT2D eigenvalue weighted by Gasteiger charge is 2.39. The number of hydrogen-bond donors (Lipinski definition) is 2. The lowest BCUT2D eigenvalue weighted by atomic mass is 9.61. The van der Waals surface area contributed by atoms with Gasteiger partial charge in [0.2, 0.25) is 5.88 Å². The van der Waals surface area contributed by atoms with Gasteiger partial charge in [0, 0.05) is 43.4 Å². The topological polar surface area (TPSA) is 103 Å². The van der Waals surface area contributed by atoms with Gasteiger partial charge in [-0.3, -0.25) is 23.9 Å². The Balaban J connectivity index is 1.22. The highest BCUT2D eigenvalue weighted by atomic mass is 16.3. The summed E-state index contributed by atoms with van der Waals surface area (Å²) in [6.45, 7) is 19.2. The third kappa shape index (κ3) is 28.6. The molecule has 2 heterocycles. The van der Waals surface area contributed by atoms with E-state index in [-0.39, 0.29) is 29.5 Å². The molecule has 1 aromatic heterocycles. The highest BCUT2D eigenvalue weighted by molar-refractivity contribution is 6.12. The van der Waals surface area contributed by atoms with Crippen LogP contribution in [0.2, 0.25) is 0 Å². The van der Waals surface area contributed by atoms with E-state index < -0.39 is 0 Å². The van der Waals surface area contributed by atoms with E-state index in [4.69, 9.17) is 0 Å². The Morgan fingerprint density at radius 3 is 1.21 bits per heavy atom. The monoisotopic (exact) mass is 1180 g/mol. The molecule has 0 radical (unpaired) electrons. The van der Waals surface area contributed by atoms with E-state index in [1.54, 1.807) is 22.5 Å². The summed E-state index contributed by atoms with van der Waals surface area (Å²) >= 11 is 0. The molecule has 3 amide bonds. The number of unbranched alkanes of at least 4 members (excludes halogenated alkanes) is 31. The number of imide groups is 1. The van der Waals surface area contributed by atoms with Gasteiger partial charge in [0.1, 0.15) is 5.69 Å². The maximum atomic E-state index is 13.6. The van der Waals surface area contributed by atoms with Gasteiger partial charge in [-0.05, 0) is 118 Å². The maximum Gasteiger partial charge on any atom is 0.253 e. The summed E-state index contributed by atoms with van der Waals surface area (Å²) in [7, 11) is 0. The minimum Gasteiger partial charge on any atom is -0.494 e. The lowest BCUT2D eigenvalue weighted by Gasteiger charge is -2.44. The maximum absolute atomic E-state index is 13.6. The second-order valence-corrected chi connectivity index (χ2v) is 28.4. The van der Waals surface area contributed by atoms with Crippen molar-refractivity contribution >= 4 is 23.4 Å². The molecule has 8 atom stereocenters. The molecule has 0 saturated heterocycles. The smallest absolute Gasteiger partial charge is 0.253 e. The van der Waals surface area contributed by atoms with Crippen molar-refractivity contribution in [2.75, 3.05) is 18.0 Å². The predicted octanol–water partition coefficient (Wildman–Crippen LogP) is 22.9. The van der Waals surface area contributed by atoms with Gasteiger partial charge in [-0.15, -0.1) is 0 Å². The van der Waals surface area contributed by atoms with Crippen LogP contribution in [0.15, 0.2) is 30.4 Å². The number of aromatic hydroxyl groups is 2. The molecule has 2 N–H and O–H groups in total. The Morgan fingerprint density at radius 1 is 0.459 bits per heavy atom. The zero-order chi connectivity index (χ0) is 61.3. The van der Waals surface area contributed by atoms with Crippen molar-refractivity contribution < 1.29 is 24.6 Å². The number of carbonyl (C=O) groups is 3. The first-order valence-corrected chi connectivity index (χ1v) is 37.6. The van der Waals surface area contributed by atoms with Crippen LogP contribution in [0.25, 0.3) is 0 Å². The standard InChI is InChI=1S/C77H137N3O5/c1-8-12-16-20-29-40-50-69-65(46-36-18-14-10-3)54-53-64(7)68(69)49-39-31-23-26-33-43-59-78(76(84)63(5)6)72-62-75(83)80(77(72)85)61-45-35-27-24-32-42-52-71-67(48-38-28-22-25-34-44-60-79-73(81)57-58-74(79)82)56-55-66(47-37-19-15-11-4)70(71)51-41-30-21-17-13-9-2/h57-58,62,64-71,83,85H,5,8-56,59-61H2,1-4,6-7H3. The van der Waals surface area contributed by atoms with E-state index in [9.17, 15) is 24.6 Å². The van der Waals surface area contributed by atoms with Gasteiger partial charge in [-0.2, -0.15) is 0 Å². The summed E-state index contributed by atoms with van der Waals surface area (Å²) in [5.41, 5.74) is 0.855. The van der Waals surface area contributed by atoms with Crippen LogP contribution in [0.1, 0.15) is 356 Å². The molecular formula is C77H137N3O5. The van der Waals surface area contributed by atoms with Crippen molar-refractivity contribution in [2.24, 2.45) is 47.3 Å². The zero-order valence-corrected chi connectivity index (χ0v) is 56.8. The molecule has 8 unspecified atom stereocenters. The summed E-state index contributed by atoms with van der Waals surface area (Å²) in [4.78, 5) is 40.6. The van der Waals surface area contributed by atoms with Crippen LogP contribution in [0, 0.1) is 47.3 Å². The van der Waals surface area contributed by atoms with Gasteiger partial charge in [0.15, 0.2) is 5.88 Å². The molecule has 0 aromatic carbocycles. The van der Waals surface area contributed by atoms with Crippen molar-refractivity contribution in [3.8, 4) is 11.8 Å². The SMILES string of the molecule is C=C(C)C(=O)N(CCCCCCCCC1C(C)CCC(CCCCCC)C1CCCCCCCC)c1cc(O)n(CCCCCCCCC2C(CCCCCCCCN3C(=O)C=CC3=O)CCC(CCCCCC)C2CCCCCCCC)c1O. The average Bonchev–Trinajstić information content (AvgIpc) is 4.00. The van der Waals surface area contributed by atoms with Gasteiger partial charge in [-0.1, -0.05) is 292 Å². The van der Waals surface area contributed by atoms with Crippen molar-refractivity contribution in [2.45, 2.75) is 363 Å². The summed E-state index contributed by atoms with van der Waals surface area (Å²) in [6, 6.07) is 1.59. The molecule has 1 aliphatic heterocycles. The molecule has 85 heavy (non-hydrogen) atoms. The van der Waals surface area contributed by atoms with Crippen molar-refractivity contribution in [1.29, 1.82) is 0 Å². The number of rotatable bonds is 53. The third-order valence-corrected chi connectivity index (χ3v) is 21.6. The molecule has 2 saturated carbocycles. The van der Waals surface area contributed by atoms with E-state index >= 15 is 0 Å². The molecule has 0 bridgehead atoms. The van der Waals surface area contributed by atoms with Crippen molar-refractivity contribution in [3.63, 3.8) is 0 Å². The fourth-order valence-electron chi connectivity index (χ4n) is 16.4. The van der Waals surface area contributed by atoms with Crippen LogP contribution >= 0.6 is 0 Å². The number of hydrogen-bond acceptors (Lipinski definition) is 5. The molecule has 2 aliphatic carbocycles. The van der Waals surface area contributed by atoms with Gasteiger partial charge < -0.3 is 15.1 Å². The molecule has 0 spiro atoms. The number of aromatic nitrogens is 1. The molecule has 1 aromatic rings. The Bertz CT molecular complexity index is 1920. The number of amides is 3. The van der Waals surface area contributed by atoms with Crippen LogP contribution in [0.3, 0.4) is 0 Å². The van der Waals surface area contributed by atoms with E-state index in [0.717, 1.165) is 98.7 Å². The quantitative estimate of drug-likeness (QED) is 0.0384. The zero-order valence-electron chi connectivity index (χ0n) is 56.8. The Kier molecular flexibility index (Phi) is 40.4. The van der Waals surface area contributed by atoms with Crippen molar-refractivity contribution in [1.82, 2.24) is 9.47 Å². The molecule has 8 heteroatoms. The molecule has 2 fully saturated rings. The Labute approximate surface area is 525 Å². The lowest BCUT2D eigenvalue weighted by molar-refractivity contribution is -0.136. The first-order valence-electron chi connectivity index (χ1n) is 37.6. The van der Waals surface area contributed by atoms with E-state index in [2.05, 4.69) is 41.2 Å². The molecular weight excluding hydrogens is 1050 g/mol. The van der Waals surface area contributed by atoms with Gasteiger partial charge >= 0.3 is 0 Å². The summed E-state index contributed by atoms with van der Waals surface area (Å²) < 4.78 is 1.61. The van der Waals surface area contributed by atoms with E-state index in [0.29, 0.717) is 30.9 Å². The van der Waals surface area contributed by atoms with Crippen LogP contribution in [-0.2, 0) is 20.9 Å². The minimum atomic E-state index is -0.182. The predicted molar refractivity (Wildman–Crippen MR) is 363 cm³/mol. The van der Waals surface area contributed by atoms with Gasteiger partial charge in [-0.25, -0.2) is 0 Å². The van der Waals surface area contributed by atoms with Crippen molar-refractivity contribution in [3.05, 3.63) is 30.4 Å². The second-order valence-electron chi connectivity index (χ2n) is 28.4. The third-order valence-electron chi connectivity index (χ3n) is 21.6. The molecule has 4 rings (SSSR count). The van der Waals surface area contributed by atoms with Crippen LogP contribution < -0.4 is 4.90 Å². The lowest BCUT2D eigenvalue weighted by Crippen LogP contribution is -2.35. The normalized spacial score (nSPS) is 21.6. The van der Waals surface area contributed by atoms with Gasteiger partial charge in [0.05, 0.1) is 0 Å². The summed E-state index contributed by atoms with van der Waals surface area (Å²) in [5.74, 6) is 6.64. The molecule has 8 nitrogen and oxygen atoms in total. The average molecular weight is 1180 g/mol. The Morgan fingerprint density at radius 2 is 0.788 bits per heavy atom. The fourth-order valence-corrected chi connectivity index (χ4v) is 16.4. The largest absolute Gasteiger partial charge is 0.494 e. The second kappa shape index (κ2) is 46.1.